The number of amides is 1. The van der Waals surface area contributed by atoms with Crippen LogP contribution >= 0.6 is 11.6 Å². The highest BCUT2D eigenvalue weighted by Crippen LogP contribution is 2.29. The quantitative estimate of drug-likeness (QED) is 0.744. The summed E-state index contributed by atoms with van der Waals surface area (Å²) in [5, 5.41) is 3.12. The number of benzene rings is 2. The number of hydrogen-bond acceptors (Lipinski definition) is 6. The molecule has 2 rings (SSSR count). The molecule has 138 valence electrons. The van der Waals surface area contributed by atoms with Crippen molar-refractivity contribution < 1.29 is 28.5 Å². The summed E-state index contributed by atoms with van der Waals surface area (Å²) >= 11 is 5.93. The molecule has 0 bridgehead atoms. The van der Waals surface area contributed by atoms with Crippen molar-refractivity contribution in [3.63, 3.8) is 0 Å². The molecule has 0 radical (unpaired) electrons. The van der Waals surface area contributed by atoms with Crippen LogP contribution in [0.4, 0.5) is 5.69 Å². The number of halogens is 1. The Kier molecular flexibility index (Phi) is 6.68. The minimum atomic E-state index is -0.499. The Morgan fingerprint density at radius 3 is 2.31 bits per heavy atom. The fourth-order valence-electron chi connectivity index (χ4n) is 2.14. The number of esters is 1. The van der Waals surface area contributed by atoms with E-state index in [-0.39, 0.29) is 6.61 Å². The van der Waals surface area contributed by atoms with Gasteiger partial charge in [-0.25, -0.2) is 4.79 Å². The van der Waals surface area contributed by atoms with E-state index in [1.165, 1.54) is 39.5 Å². The van der Waals surface area contributed by atoms with Crippen molar-refractivity contribution in [2.75, 3.05) is 33.3 Å². The van der Waals surface area contributed by atoms with E-state index in [4.69, 9.17) is 25.8 Å². The van der Waals surface area contributed by atoms with Crippen LogP contribution in [0, 0.1) is 0 Å². The van der Waals surface area contributed by atoms with E-state index < -0.39 is 11.9 Å². The second-order valence-electron chi connectivity index (χ2n) is 5.04. The van der Waals surface area contributed by atoms with Gasteiger partial charge in [0.1, 0.15) is 5.75 Å². The first-order valence-electron chi connectivity index (χ1n) is 7.51. The van der Waals surface area contributed by atoms with Crippen molar-refractivity contribution in [1.29, 1.82) is 0 Å². The second-order valence-corrected chi connectivity index (χ2v) is 5.48. The molecule has 0 aliphatic heterocycles. The third-order valence-electron chi connectivity index (χ3n) is 3.38. The van der Waals surface area contributed by atoms with Crippen LogP contribution in [0.3, 0.4) is 0 Å². The maximum atomic E-state index is 12.1. The Bertz CT molecular complexity index is 808. The number of nitrogens with one attached hydrogen (secondary N) is 1. The summed E-state index contributed by atoms with van der Waals surface area (Å²) in [6.07, 6.45) is 0. The molecule has 1 amide bonds. The Labute approximate surface area is 155 Å². The third kappa shape index (κ3) is 4.80. The fourth-order valence-corrected chi connectivity index (χ4v) is 2.31. The van der Waals surface area contributed by atoms with E-state index in [0.29, 0.717) is 33.5 Å². The lowest BCUT2D eigenvalue weighted by atomic mass is 10.2. The number of hydrogen-bond donors (Lipinski definition) is 1. The monoisotopic (exact) mass is 379 g/mol. The van der Waals surface area contributed by atoms with Crippen LogP contribution in [0.25, 0.3) is 0 Å². The van der Waals surface area contributed by atoms with E-state index in [9.17, 15) is 9.59 Å². The zero-order chi connectivity index (χ0) is 19.1. The molecule has 0 aliphatic carbocycles. The maximum absolute atomic E-state index is 12.1. The predicted octanol–water partition coefficient (Wildman–Crippen LogP) is 3.16. The Morgan fingerprint density at radius 2 is 1.65 bits per heavy atom. The Morgan fingerprint density at radius 1 is 0.962 bits per heavy atom. The van der Waals surface area contributed by atoms with E-state index in [1.54, 1.807) is 18.2 Å². The Balaban J connectivity index is 2.05. The van der Waals surface area contributed by atoms with Crippen LogP contribution in [0.5, 0.6) is 17.2 Å². The minimum Gasteiger partial charge on any atom is -0.495 e. The molecule has 0 heterocycles. The van der Waals surface area contributed by atoms with E-state index in [2.05, 4.69) is 10.1 Å². The molecule has 0 aromatic heterocycles. The van der Waals surface area contributed by atoms with Gasteiger partial charge in [0.15, 0.2) is 18.1 Å². The van der Waals surface area contributed by atoms with E-state index in [0.717, 1.165) is 0 Å². The maximum Gasteiger partial charge on any atom is 0.337 e. The van der Waals surface area contributed by atoms with Crippen LogP contribution in [-0.4, -0.2) is 39.8 Å². The molecule has 0 atom stereocenters. The van der Waals surface area contributed by atoms with Crippen LogP contribution in [-0.2, 0) is 9.53 Å². The van der Waals surface area contributed by atoms with Gasteiger partial charge in [-0.3, -0.25) is 4.79 Å². The van der Waals surface area contributed by atoms with Gasteiger partial charge in [-0.2, -0.15) is 0 Å². The molecule has 2 aromatic carbocycles. The zero-order valence-corrected chi connectivity index (χ0v) is 15.3. The summed E-state index contributed by atoms with van der Waals surface area (Å²) in [6, 6.07) is 9.39. The molecule has 1 N–H and O–H groups in total. The number of rotatable bonds is 7. The molecule has 7 nitrogen and oxygen atoms in total. The largest absolute Gasteiger partial charge is 0.495 e. The fraction of sp³-hybridized carbons (Fsp3) is 0.222. The van der Waals surface area contributed by atoms with Gasteiger partial charge in [-0.1, -0.05) is 11.6 Å². The van der Waals surface area contributed by atoms with Gasteiger partial charge in [0.25, 0.3) is 5.91 Å². The number of carbonyl (C=O) groups is 2. The summed E-state index contributed by atoms with van der Waals surface area (Å²) in [7, 11) is 4.21. The van der Waals surface area contributed by atoms with Gasteiger partial charge >= 0.3 is 5.97 Å². The summed E-state index contributed by atoms with van der Waals surface area (Å²) in [6.45, 7) is -0.274. The van der Waals surface area contributed by atoms with Crippen LogP contribution in [0.15, 0.2) is 36.4 Å². The first-order chi connectivity index (χ1) is 12.5. The average molecular weight is 380 g/mol. The molecular weight excluding hydrogens is 362 g/mol. The first kappa shape index (κ1) is 19.4. The lowest BCUT2D eigenvalue weighted by Gasteiger charge is -2.13. The van der Waals surface area contributed by atoms with E-state index in [1.807, 2.05) is 0 Å². The lowest BCUT2D eigenvalue weighted by molar-refractivity contribution is -0.118. The summed E-state index contributed by atoms with van der Waals surface area (Å²) < 4.78 is 20.5. The highest BCUT2D eigenvalue weighted by Gasteiger charge is 2.14. The SMILES string of the molecule is COC(=O)c1ccc(OCC(=O)Nc2cc(Cl)ccc2OC)c(OC)c1. The van der Waals surface area contributed by atoms with Crippen molar-refractivity contribution in [2.24, 2.45) is 0 Å². The van der Waals surface area contributed by atoms with Crippen molar-refractivity contribution in [2.45, 2.75) is 0 Å². The van der Waals surface area contributed by atoms with Gasteiger partial charge in [0.2, 0.25) is 0 Å². The molecule has 8 heteroatoms. The van der Waals surface area contributed by atoms with Crippen molar-refractivity contribution in [3.05, 3.63) is 47.0 Å². The minimum absolute atomic E-state index is 0.274. The van der Waals surface area contributed by atoms with Gasteiger partial charge in [-0.05, 0) is 36.4 Å². The van der Waals surface area contributed by atoms with E-state index >= 15 is 0 Å². The molecule has 0 unspecified atom stereocenters. The Hall–Kier alpha value is -2.93. The molecule has 0 saturated heterocycles. The van der Waals surface area contributed by atoms with Crippen LogP contribution in [0.1, 0.15) is 10.4 Å². The van der Waals surface area contributed by atoms with Crippen molar-refractivity contribution >= 4 is 29.2 Å². The number of ether oxygens (including phenoxy) is 4. The third-order valence-corrected chi connectivity index (χ3v) is 3.61. The highest BCUT2D eigenvalue weighted by atomic mass is 35.5. The molecule has 0 fully saturated rings. The second kappa shape index (κ2) is 8.96. The molecule has 0 aliphatic rings. The zero-order valence-electron chi connectivity index (χ0n) is 14.5. The van der Waals surface area contributed by atoms with Gasteiger partial charge in [0, 0.05) is 5.02 Å². The molecule has 2 aromatic rings. The normalized spacial score (nSPS) is 10.0. The highest BCUT2D eigenvalue weighted by molar-refractivity contribution is 6.31. The van der Waals surface area contributed by atoms with Gasteiger partial charge in [-0.15, -0.1) is 0 Å². The smallest absolute Gasteiger partial charge is 0.337 e. The van der Waals surface area contributed by atoms with Gasteiger partial charge < -0.3 is 24.3 Å². The molecule has 26 heavy (non-hydrogen) atoms. The average Bonchev–Trinajstić information content (AvgIpc) is 2.65. The van der Waals surface area contributed by atoms with Crippen LogP contribution in [0.2, 0.25) is 5.02 Å². The molecule has 0 saturated carbocycles. The topological polar surface area (TPSA) is 83.1 Å². The van der Waals surface area contributed by atoms with Gasteiger partial charge in [0.05, 0.1) is 32.6 Å². The molecular formula is C18H18ClNO6. The van der Waals surface area contributed by atoms with Crippen molar-refractivity contribution in [3.8, 4) is 17.2 Å². The first-order valence-corrected chi connectivity index (χ1v) is 7.88. The van der Waals surface area contributed by atoms with Crippen molar-refractivity contribution in [1.82, 2.24) is 0 Å². The summed E-state index contributed by atoms with van der Waals surface area (Å²) in [4.78, 5) is 23.7. The molecule has 0 spiro atoms. The summed E-state index contributed by atoms with van der Waals surface area (Å²) in [5.74, 6) is 0.183. The number of carbonyl (C=O) groups excluding carboxylic acids is 2. The summed E-state index contributed by atoms with van der Waals surface area (Å²) in [5.41, 5.74) is 0.742. The number of methoxy groups -OCH3 is 3. The lowest BCUT2D eigenvalue weighted by Crippen LogP contribution is -2.20. The predicted molar refractivity (Wildman–Crippen MR) is 96.5 cm³/mol. The standard InChI is InChI=1S/C18H18ClNO6/c1-23-14-7-5-12(19)9-13(14)20-17(21)10-26-15-6-4-11(18(22)25-3)8-16(15)24-2/h4-9H,10H2,1-3H3,(H,20,21). The number of anilines is 1. The van der Waals surface area contributed by atoms with Crippen LogP contribution < -0.4 is 19.5 Å².